The van der Waals surface area contributed by atoms with E-state index in [0.717, 1.165) is 18.2 Å². The topological polar surface area (TPSA) is 36.4 Å². The average Bonchev–Trinajstić information content (AvgIpc) is 3.16. The molecule has 0 saturated carbocycles. The largest absolute Gasteiger partial charge is 0.346 e. The number of hydrogen-bond donors (Lipinski definition) is 0. The predicted molar refractivity (Wildman–Crippen MR) is 83.2 cm³/mol. The Hall–Kier alpha value is -0.650. The van der Waals surface area contributed by atoms with E-state index in [1.54, 1.807) is 11.3 Å². The fourth-order valence-corrected chi connectivity index (χ4v) is 4.11. The quantitative estimate of drug-likeness (QED) is 0.632. The first-order valence-corrected chi connectivity index (χ1v) is 8.73. The van der Waals surface area contributed by atoms with Crippen molar-refractivity contribution in [2.45, 2.75) is 31.7 Å². The van der Waals surface area contributed by atoms with Gasteiger partial charge in [0.1, 0.15) is 5.69 Å². The van der Waals surface area contributed by atoms with E-state index in [1.165, 1.54) is 38.8 Å². The van der Waals surface area contributed by atoms with Crippen LogP contribution in [0.5, 0.6) is 0 Å². The van der Waals surface area contributed by atoms with Crippen molar-refractivity contribution in [3.05, 3.63) is 11.1 Å². The van der Waals surface area contributed by atoms with Crippen molar-refractivity contribution in [2.24, 2.45) is 0 Å². The van der Waals surface area contributed by atoms with E-state index in [2.05, 4.69) is 14.8 Å². The monoisotopic (exact) mass is 313 g/mol. The van der Waals surface area contributed by atoms with Crippen LogP contribution in [0.25, 0.3) is 0 Å². The molecule has 2 saturated heterocycles. The van der Waals surface area contributed by atoms with Gasteiger partial charge in [-0.3, -0.25) is 9.69 Å². The number of ketones is 1. The summed E-state index contributed by atoms with van der Waals surface area (Å²) in [5.41, 5.74) is 0.515. The van der Waals surface area contributed by atoms with Crippen molar-refractivity contribution in [3.8, 4) is 0 Å². The molecule has 1 aromatic heterocycles. The van der Waals surface area contributed by atoms with Crippen LogP contribution in [0.15, 0.2) is 5.38 Å². The maximum atomic E-state index is 11.5. The lowest BCUT2D eigenvalue weighted by molar-refractivity contribution is 0.101. The lowest BCUT2D eigenvalue weighted by Gasteiger charge is -2.32. The summed E-state index contributed by atoms with van der Waals surface area (Å²) in [6.07, 6.45) is 5.26. The number of carbonyl (C=O) groups is 1. The van der Waals surface area contributed by atoms with E-state index in [1.807, 2.05) is 5.38 Å². The molecule has 1 aromatic rings. The van der Waals surface area contributed by atoms with Crippen LogP contribution in [-0.2, 0) is 0 Å². The molecule has 1 unspecified atom stereocenters. The lowest BCUT2D eigenvalue weighted by atomic mass is 10.1. The highest BCUT2D eigenvalue weighted by molar-refractivity contribution is 7.14. The van der Waals surface area contributed by atoms with Gasteiger partial charge in [0, 0.05) is 24.5 Å². The van der Waals surface area contributed by atoms with E-state index in [-0.39, 0.29) is 11.7 Å². The van der Waals surface area contributed by atoms with Gasteiger partial charge in [0.05, 0.1) is 5.88 Å². The van der Waals surface area contributed by atoms with Crippen LogP contribution in [0, 0.1) is 0 Å². The lowest BCUT2D eigenvalue weighted by Crippen LogP contribution is -2.40. The second-order valence-electron chi connectivity index (χ2n) is 5.56. The van der Waals surface area contributed by atoms with E-state index in [4.69, 9.17) is 11.6 Å². The first-order valence-electron chi connectivity index (χ1n) is 7.31. The van der Waals surface area contributed by atoms with Crippen LogP contribution in [0.2, 0.25) is 0 Å². The number of alkyl halides is 1. The van der Waals surface area contributed by atoms with Crippen molar-refractivity contribution < 1.29 is 4.79 Å². The first-order chi connectivity index (χ1) is 9.78. The first kappa shape index (κ1) is 14.3. The summed E-state index contributed by atoms with van der Waals surface area (Å²) in [7, 11) is 0. The van der Waals surface area contributed by atoms with Crippen LogP contribution in [0.3, 0.4) is 0 Å². The zero-order chi connectivity index (χ0) is 13.9. The Morgan fingerprint density at radius 3 is 2.90 bits per heavy atom. The van der Waals surface area contributed by atoms with Gasteiger partial charge in [0.25, 0.3) is 0 Å². The fraction of sp³-hybridized carbons (Fsp3) is 0.714. The molecule has 0 N–H and O–H groups in total. The third kappa shape index (κ3) is 3.00. The third-order valence-corrected chi connectivity index (χ3v) is 5.38. The molecular weight excluding hydrogens is 294 g/mol. The number of nitrogens with zero attached hydrogens (tertiary/aromatic N) is 3. The highest BCUT2D eigenvalue weighted by atomic mass is 35.5. The minimum absolute atomic E-state index is 0.0135. The molecule has 0 aliphatic carbocycles. The van der Waals surface area contributed by atoms with Gasteiger partial charge in [-0.25, -0.2) is 4.98 Å². The molecule has 2 aliphatic heterocycles. The molecule has 110 valence electrons. The molecule has 0 spiro atoms. The fourth-order valence-electron chi connectivity index (χ4n) is 3.10. The van der Waals surface area contributed by atoms with Crippen LogP contribution >= 0.6 is 22.9 Å². The van der Waals surface area contributed by atoms with Crippen molar-refractivity contribution in [2.75, 3.05) is 37.0 Å². The van der Waals surface area contributed by atoms with Gasteiger partial charge in [-0.1, -0.05) is 6.42 Å². The van der Waals surface area contributed by atoms with Crippen molar-refractivity contribution in [1.29, 1.82) is 0 Å². The number of halogens is 1. The zero-order valence-electron chi connectivity index (χ0n) is 11.6. The smallest absolute Gasteiger partial charge is 0.196 e. The highest BCUT2D eigenvalue weighted by Gasteiger charge is 2.30. The average molecular weight is 314 g/mol. The number of Topliss-reactive ketones (excluding diaryl/α,β-unsaturated/α-hetero) is 1. The summed E-state index contributed by atoms with van der Waals surface area (Å²) < 4.78 is 0. The molecule has 20 heavy (non-hydrogen) atoms. The van der Waals surface area contributed by atoms with Gasteiger partial charge < -0.3 is 4.90 Å². The van der Waals surface area contributed by atoms with Crippen LogP contribution in [-0.4, -0.2) is 53.8 Å². The Kier molecular flexibility index (Phi) is 4.58. The molecule has 2 fully saturated rings. The molecule has 3 rings (SSSR count). The Labute approximate surface area is 128 Å². The minimum Gasteiger partial charge on any atom is -0.346 e. The molecule has 3 heterocycles. The van der Waals surface area contributed by atoms with Crippen molar-refractivity contribution in [3.63, 3.8) is 0 Å². The van der Waals surface area contributed by atoms with Gasteiger partial charge in [-0.2, -0.15) is 0 Å². The molecule has 6 heteroatoms. The normalized spacial score (nSPS) is 24.2. The SMILES string of the molecule is O=C(CCl)c1csc(N2CCC(N3CCCCC3)C2)n1. The molecule has 4 nitrogen and oxygen atoms in total. The minimum atomic E-state index is -0.0825. The van der Waals surface area contributed by atoms with E-state index >= 15 is 0 Å². The maximum Gasteiger partial charge on any atom is 0.196 e. The molecule has 2 aliphatic rings. The second-order valence-corrected chi connectivity index (χ2v) is 6.66. The van der Waals surface area contributed by atoms with Gasteiger partial charge in [0.2, 0.25) is 0 Å². The van der Waals surface area contributed by atoms with Crippen molar-refractivity contribution in [1.82, 2.24) is 9.88 Å². The summed E-state index contributed by atoms with van der Waals surface area (Å²) in [5.74, 6) is -0.0690. The summed E-state index contributed by atoms with van der Waals surface area (Å²) in [5, 5.41) is 2.80. The number of piperidine rings is 1. The summed E-state index contributed by atoms with van der Waals surface area (Å²) >= 11 is 7.13. The molecule has 0 bridgehead atoms. The molecule has 0 aromatic carbocycles. The Morgan fingerprint density at radius 2 is 2.15 bits per heavy atom. The maximum absolute atomic E-state index is 11.5. The number of rotatable bonds is 4. The standard InChI is InChI=1S/C14H20ClN3OS/c15-8-13(19)12-10-20-14(16-12)18-7-4-11(9-18)17-5-2-1-3-6-17/h10-11H,1-9H2. The molecule has 0 radical (unpaired) electrons. The summed E-state index contributed by atoms with van der Waals surface area (Å²) in [6.45, 7) is 4.57. The van der Waals surface area contributed by atoms with Gasteiger partial charge in [-0.05, 0) is 32.4 Å². The van der Waals surface area contributed by atoms with Crippen LogP contribution < -0.4 is 4.90 Å². The van der Waals surface area contributed by atoms with E-state index in [9.17, 15) is 4.79 Å². The third-order valence-electron chi connectivity index (χ3n) is 4.24. The van der Waals surface area contributed by atoms with E-state index < -0.39 is 0 Å². The Balaban J connectivity index is 1.61. The molecule has 1 atom stereocenters. The second kappa shape index (κ2) is 6.41. The number of aromatic nitrogens is 1. The Morgan fingerprint density at radius 1 is 1.35 bits per heavy atom. The summed E-state index contributed by atoms with van der Waals surface area (Å²) in [6, 6.07) is 0.659. The zero-order valence-corrected chi connectivity index (χ0v) is 13.1. The van der Waals surface area contributed by atoms with Gasteiger partial charge >= 0.3 is 0 Å². The molecular formula is C14H20ClN3OS. The number of anilines is 1. The van der Waals surface area contributed by atoms with E-state index in [0.29, 0.717) is 11.7 Å². The van der Waals surface area contributed by atoms with Crippen LogP contribution in [0.4, 0.5) is 5.13 Å². The van der Waals surface area contributed by atoms with Gasteiger partial charge in [-0.15, -0.1) is 22.9 Å². The van der Waals surface area contributed by atoms with Crippen molar-refractivity contribution >= 4 is 33.9 Å². The predicted octanol–water partition coefficient (Wildman–Crippen LogP) is 2.63. The Bertz CT molecular complexity index is 473. The number of hydrogen-bond acceptors (Lipinski definition) is 5. The number of likely N-dealkylation sites (tertiary alicyclic amines) is 1. The summed E-state index contributed by atoms with van der Waals surface area (Å²) in [4.78, 5) is 20.9. The highest BCUT2D eigenvalue weighted by Crippen LogP contribution is 2.27. The molecule has 0 amide bonds. The number of thiazole rings is 1. The number of carbonyl (C=O) groups excluding carboxylic acids is 1. The van der Waals surface area contributed by atoms with Gasteiger partial charge in [0.15, 0.2) is 10.9 Å². The van der Waals surface area contributed by atoms with Crippen LogP contribution in [0.1, 0.15) is 36.2 Å².